The summed E-state index contributed by atoms with van der Waals surface area (Å²) in [4.78, 5) is 29.8. The Morgan fingerprint density at radius 3 is 2.67 bits per heavy atom. The average molecular weight is 509 g/mol. The van der Waals surface area contributed by atoms with Crippen molar-refractivity contribution in [3.63, 3.8) is 0 Å². The number of nitrogens with zero attached hydrogens (tertiary/aromatic N) is 2. The number of thiazole rings is 1. The summed E-state index contributed by atoms with van der Waals surface area (Å²) in [6, 6.07) is 10.6. The molecule has 1 atom stereocenters. The van der Waals surface area contributed by atoms with Gasteiger partial charge in [0.05, 0.1) is 38.1 Å². The minimum Gasteiger partial charge on any atom is -0.497 e. The van der Waals surface area contributed by atoms with Crippen molar-refractivity contribution in [2.45, 2.75) is 12.1 Å². The molecular formula is C25H24N4O6S. The first kappa shape index (κ1) is 24.7. The van der Waals surface area contributed by atoms with Crippen molar-refractivity contribution < 1.29 is 28.9 Å². The lowest BCUT2D eigenvalue weighted by Gasteiger charge is -2.27. The first-order valence-electron chi connectivity index (χ1n) is 10.7. The predicted molar refractivity (Wildman–Crippen MR) is 136 cm³/mol. The van der Waals surface area contributed by atoms with Gasteiger partial charge in [-0.3, -0.25) is 5.32 Å². The molecule has 11 heteroatoms. The highest BCUT2D eigenvalue weighted by molar-refractivity contribution is 7.22. The second-order valence-electron chi connectivity index (χ2n) is 7.75. The maximum Gasteiger partial charge on any atom is 0.408 e. The van der Waals surface area contributed by atoms with E-state index in [1.807, 2.05) is 12.1 Å². The topological polar surface area (TPSA) is 124 Å². The fourth-order valence-corrected chi connectivity index (χ4v) is 4.55. The Bertz CT molecular complexity index is 1520. The molecule has 1 amide bonds. The summed E-state index contributed by atoms with van der Waals surface area (Å²) in [5, 5.41) is 18.4. The van der Waals surface area contributed by atoms with E-state index in [4.69, 9.17) is 14.2 Å². The summed E-state index contributed by atoms with van der Waals surface area (Å²) in [5.41, 5.74) is -0.474. The van der Waals surface area contributed by atoms with Crippen LogP contribution < -0.4 is 15.4 Å². The average Bonchev–Trinajstić information content (AvgIpc) is 3.46. The van der Waals surface area contributed by atoms with Gasteiger partial charge in [0, 0.05) is 29.6 Å². The smallest absolute Gasteiger partial charge is 0.408 e. The molecule has 0 saturated carbocycles. The summed E-state index contributed by atoms with van der Waals surface area (Å²) in [6.07, 6.45) is 0.759. The fraction of sp³-hybridized carbons (Fsp3) is 0.240. The van der Waals surface area contributed by atoms with Crippen LogP contribution in [-0.4, -0.2) is 60.6 Å². The molecule has 0 unspecified atom stereocenters. The molecule has 0 aliphatic carbocycles. The van der Waals surface area contributed by atoms with E-state index < -0.39 is 17.6 Å². The molecule has 186 valence electrons. The highest BCUT2D eigenvalue weighted by Gasteiger charge is 2.41. The molecule has 36 heavy (non-hydrogen) atoms. The largest absolute Gasteiger partial charge is 0.497 e. The molecule has 3 N–H and O–H groups in total. The molecule has 4 aromatic rings. The lowest BCUT2D eigenvalue weighted by molar-refractivity contribution is -0.146. The predicted octanol–water partition coefficient (Wildman–Crippen LogP) is 3.33. The molecule has 0 spiro atoms. The normalized spacial score (nSPS) is 12.3. The second-order valence-corrected chi connectivity index (χ2v) is 8.78. The molecule has 0 radical (unpaired) electrons. The van der Waals surface area contributed by atoms with E-state index in [1.165, 1.54) is 37.2 Å². The summed E-state index contributed by atoms with van der Waals surface area (Å²) < 4.78 is 17.3. The number of aromatic hydroxyl groups is 1. The highest BCUT2D eigenvalue weighted by atomic mass is 32.1. The summed E-state index contributed by atoms with van der Waals surface area (Å²) in [6.45, 7) is -0.253. The van der Waals surface area contributed by atoms with Gasteiger partial charge in [0.15, 0.2) is 11.0 Å². The van der Waals surface area contributed by atoms with Gasteiger partial charge in [-0.1, -0.05) is 23.2 Å². The molecule has 2 aromatic carbocycles. The van der Waals surface area contributed by atoms with Crippen molar-refractivity contribution in [1.82, 2.24) is 14.9 Å². The molecule has 0 bridgehead atoms. The van der Waals surface area contributed by atoms with Crippen LogP contribution in [0.3, 0.4) is 0 Å². The lowest BCUT2D eigenvalue weighted by atomic mass is 9.99. The van der Waals surface area contributed by atoms with Crippen LogP contribution in [0.4, 0.5) is 9.93 Å². The van der Waals surface area contributed by atoms with Crippen LogP contribution in [0, 0.1) is 11.8 Å². The molecule has 0 aliphatic heterocycles. The number of ether oxygens (including phenoxy) is 3. The van der Waals surface area contributed by atoms with Crippen LogP contribution in [0.25, 0.3) is 21.0 Å². The number of carbonyl (C=O) groups excluding carboxylic acids is 2. The molecular weight excluding hydrogens is 484 g/mol. The number of esters is 1. The van der Waals surface area contributed by atoms with E-state index in [0.717, 1.165) is 15.3 Å². The Kier molecular flexibility index (Phi) is 6.89. The van der Waals surface area contributed by atoms with Gasteiger partial charge < -0.3 is 29.2 Å². The van der Waals surface area contributed by atoms with Crippen molar-refractivity contribution in [2.24, 2.45) is 0 Å². The van der Waals surface area contributed by atoms with Gasteiger partial charge in [0.1, 0.15) is 5.75 Å². The van der Waals surface area contributed by atoms with Crippen molar-refractivity contribution in [3.05, 3.63) is 48.2 Å². The SMILES string of the molecule is CNc1nc2ccc(C#C[C@](Cn3cc4ccc(OC)cc4c3O)(NC(=O)OC)C(=O)OC)cc2s1. The third-order valence-electron chi connectivity index (χ3n) is 5.53. The Hall–Kier alpha value is -4.43. The molecule has 2 aromatic heterocycles. The molecule has 10 nitrogen and oxygen atoms in total. The van der Waals surface area contributed by atoms with Crippen molar-refractivity contribution >= 4 is 49.5 Å². The van der Waals surface area contributed by atoms with Crippen LogP contribution in [0.1, 0.15) is 5.56 Å². The number of nitrogens with one attached hydrogen (secondary N) is 2. The Balaban J connectivity index is 1.81. The van der Waals surface area contributed by atoms with Crippen LogP contribution in [0.5, 0.6) is 11.6 Å². The van der Waals surface area contributed by atoms with E-state index in [9.17, 15) is 14.7 Å². The van der Waals surface area contributed by atoms with E-state index in [1.54, 1.807) is 37.5 Å². The third-order valence-corrected chi connectivity index (χ3v) is 6.57. The van der Waals surface area contributed by atoms with Gasteiger partial charge in [-0.25, -0.2) is 14.6 Å². The minimum absolute atomic E-state index is 0.128. The number of anilines is 1. The van der Waals surface area contributed by atoms with Gasteiger partial charge in [-0.2, -0.15) is 0 Å². The summed E-state index contributed by atoms with van der Waals surface area (Å²) in [7, 11) is 5.68. The van der Waals surface area contributed by atoms with Crippen molar-refractivity contribution in [2.75, 3.05) is 33.7 Å². The molecule has 0 saturated heterocycles. The monoisotopic (exact) mass is 508 g/mol. The standard InChI is InChI=1S/C25H24N4O6S/c1-26-23-27-19-8-5-15(11-20(19)36-23)9-10-25(22(31)34-3,28-24(32)35-4)14-29-13-16-6-7-17(33-2)12-18(16)21(29)30/h5-8,11-13,30H,14H2,1-4H3,(H,26,27)(H,28,32)/t25-/m1/s1. The molecule has 0 fully saturated rings. The van der Waals surface area contributed by atoms with Crippen molar-refractivity contribution in [1.29, 1.82) is 0 Å². The van der Waals surface area contributed by atoms with E-state index in [-0.39, 0.29) is 12.4 Å². The number of amides is 1. The maximum absolute atomic E-state index is 13.1. The van der Waals surface area contributed by atoms with E-state index in [2.05, 4.69) is 27.5 Å². The number of benzene rings is 2. The van der Waals surface area contributed by atoms with Crippen LogP contribution in [-0.2, 0) is 20.8 Å². The number of hydrogen-bond donors (Lipinski definition) is 3. The highest BCUT2D eigenvalue weighted by Crippen LogP contribution is 2.32. The first-order valence-corrected chi connectivity index (χ1v) is 11.6. The van der Waals surface area contributed by atoms with E-state index in [0.29, 0.717) is 22.1 Å². The fourth-order valence-electron chi connectivity index (χ4n) is 3.69. The van der Waals surface area contributed by atoms with Crippen LogP contribution in [0.15, 0.2) is 42.6 Å². The number of aromatic nitrogens is 2. The summed E-state index contributed by atoms with van der Waals surface area (Å²) >= 11 is 1.46. The number of carbonyl (C=O) groups is 2. The van der Waals surface area contributed by atoms with Gasteiger partial charge in [0.2, 0.25) is 5.54 Å². The zero-order chi connectivity index (χ0) is 25.9. The molecule has 2 heterocycles. The number of rotatable bonds is 6. The zero-order valence-electron chi connectivity index (χ0n) is 20.0. The Morgan fingerprint density at radius 1 is 1.17 bits per heavy atom. The lowest BCUT2D eigenvalue weighted by Crippen LogP contribution is -2.56. The zero-order valence-corrected chi connectivity index (χ0v) is 20.9. The second kappa shape index (κ2) is 10.1. The number of hydrogen-bond acceptors (Lipinski definition) is 9. The Labute approximate surface area is 210 Å². The first-order chi connectivity index (χ1) is 17.3. The minimum atomic E-state index is -1.88. The van der Waals surface area contributed by atoms with Crippen LogP contribution in [0.2, 0.25) is 0 Å². The van der Waals surface area contributed by atoms with E-state index >= 15 is 0 Å². The van der Waals surface area contributed by atoms with Gasteiger partial charge in [-0.05, 0) is 36.4 Å². The quantitative estimate of drug-likeness (QED) is 0.268. The molecule has 4 rings (SSSR count). The van der Waals surface area contributed by atoms with Gasteiger partial charge >= 0.3 is 12.1 Å². The van der Waals surface area contributed by atoms with Crippen LogP contribution >= 0.6 is 11.3 Å². The number of fused-ring (bicyclic) bond motifs is 2. The van der Waals surface area contributed by atoms with Gasteiger partial charge in [-0.15, -0.1) is 0 Å². The summed E-state index contributed by atoms with van der Waals surface area (Å²) in [5.74, 6) is 5.43. The molecule has 0 aliphatic rings. The Morgan fingerprint density at radius 2 is 1.97 bits per heavy atom. The third kappa shape index (κ3) is 4.71. The number of methoxy groups -OCH3 is 3. The van der Waals surface area contributed by atoms with Crippen molar-refractivity contribution in [3.8, 4) is 23.5 Å². The van der Waals surface area contributed by atoms with Gasteiger partial charge in [0.25, 0.3) is 0 Å². The maximum atomic E-state index is 13.1. The number of alkyl carbamates (subject to hydrolysis) is 1.